The van der Waals surface area contributed by atoms with Crippen LogP contribution in [0, 0.1) is 6.92 Å². The molecule has 1 N–H and O–H groups in total. The van der Waals surface area contributed by atoms with E-state index in [0.717, 1.165) is 36.2 Å². The molecule has 0 aliphatic heterocycles. The van der Waals surface area contributed by atoms with Crippen LogP contribution in [-0.2, 0) is 19.4 Å². The van der Waals surface area contributed by atoms with Gasteiger partial charge < -0.3 is 5.11 Å². The summed E-state index contributed by atoms with van der Waals surface area (Å²) in [5.41, 5.74) is 4.24. The lowest BCUT2D eigenvalue weighted by atomic mass is 10.0. The van der Waals surface area contributed by atoms with Gasteiger partial charge in [0.05, 0.1) is 12.2 Å². The number of nitrogens with zero attached hydrogens (tertiary/aromatic N) is 3. The van der Waals surface area contributed by atoms with Gasteiger partial charge in [0.1, 0.15) is 5.75 Å². The third-order valence-corrected chi connectivity index (χ3v) is 3.79. The molecule has 0 spiro atoms. The van der Waals surface area contributed by atoms with E-state index in [1.807, 2.05) is 48.1 Å². The van der Waals surface area contributed by atoms with Crippen molar-refractivity contribution in [1.82, 2.24) is 15.0 Å². The van der Waals surface area contributed by atoms with Crippen LogP contribution in [0.5, 0.6) is 5.75 Å². The maximum absolute atomic E-state index is 9.93. The Labute approximate surface area is 130 Å². The molecule has 0 aliphatic carbocycles. The molecular weight excluding hydrogens is 274 g/mol. The van der Waals surface area contributed by atoms with Crippen molar-refractivity contribution >= 4 is 0 Å². The van der Waals surface area contributed by atoms with Gasteiger partial charge >= 0.3 is 0 Å². The van der Waals surface area contributed by atoms with Gasteiger partial charge in [-0.15, -0.1) is 5.10 Å². The summed E-state index contributed by atoms with van der Waals surface area (Å²) in [6, 6.07) is 15.8. The summed E-state index contributed by atoms with van der Waals surface area (Å²) in [4.78, 5) is 0. The molecule has 0 radical (unpaired) electrons. The number of aromatic hydroxyl groups is 1. The predicted molar refractivity (Wildman–Crippen MR) is 85.8 cm³/mol. The minimum atomic E-state index is 0.358. The quantitative estimate of drug-likeness (QED) is 0.786. The third kappa shape index (κ3) is 3.34. The van der Waals surface area contributed by atoms with Gasteiger partial charge in [0.2, 0.25) is 0 Å². The Morgan fingerprint density at radius 2 is 1.82 bits per heavy atom. The van der Waals surface area contributed by atoms with Crippen molar-refractivity contribution in [2.75, 3.05) is 0 Å². The molecule has 0 amide bonds. The maximum atomic E-state index is 9.93. The summed E-state index contributed by atoms with van der Waals surface area (Å²) < 4.78 is 1.85. The normalized spacial score (nSPS) is 10.8. The topological polar surface area (TPSA) is 50.9 Å². The van der Waals surface area contributed by atoms with E-state index in [1.54, 1.807) is 6.07 Å². The zero-order valence-electron chi connectivity index (χ0n) is 12.6. The molecule has 3 aromatic rings. The number of rotatable bonds is 5. The SMILES string of the molecule is Cc1cccc(O)c1CCc1cn(Cc2ccccc2)nn1. The minimum Gasteiger partial charge on any atom is -0.508 e. The van der Waals surface area contributed by atoms with Gasteiger partial charge in [0.15, 0.2) is 0 Å². The molecule has 4 heteroatoms. The van der Waals surface area contributed by atoms with Gasteiger partial charge in [0.25, 0.3) is 0 Å². The Balaban J connectivity index is 1.65. The first-order chi connectivity index (χ1) is 10.7. The van der Waals surface area contributed by atoms with Crippen LogP contribution in [0.1, 0.15) is 22.4 Å². The van der Waals surface area contributed by atoms with Crippen LogP contribution >= 0.6 is 0 Å². The van der Waals surface area contributed by atoms with E-state index in [9.17, 15) is 5.11 Å². The zero-order valence-corrected chi connectivity index (χ0v) is 12.6. The van der Waals surface area contributed by atoms with Crippen LogP contribution in [0.25, 0.3) is 0 Å². The monoisotopic (exact) mass is 293 g/mol. The number of hydrogen-bond acceptors (Lipinski definition) is 3. The molecule has 0 unspecified atom stereocenters. The molecule has 0 saturated heterocycles. The molecule has 0 aliphatic rings. The number of benzene rings is 2. The second-order valence-corrected chi connectivity index (χ2v) is 5.47. The average Bonchev–Trinajstić information content (AvgIpc) is 2.95. The Morgan fingerprint density at radius 3 is 2.59 bits per heavy atom. The number of aryl methyl sites for hydroxylation is 2. The number of phenolic OH excluding ortho intramolecular Hbond substituents is 1. The average molecular weight is 293 g/mol. The highest BCUT2D eigenvalue weighted by atomic mass is 16.3. The Kier molecular flexibility index (Phi) is 4.19. The van der Waals surface area contributed by atoms with Gasteiger partial charge in [-0.2, -0.15) is 0 Å². The van der Waals surface area contributed by atoms with Crippen LogP contribution in [0.15, 0.2) is 54.7 Å². The van der Waals surface area contributed by atoms with E-state index >= 15 is 0 Å². The summed E-state index contributed by atoms with van der Waals surface area (Å²) in [6.45, 7) is 2.74. The number of aromatic nitrogens is 3. The largest absolute Gasteiger partial charge is 0.508 e. The van der Waals surface area contributed by atoms with E-state index in [-0.39, 0.29) is 0 Å². The molecule has 0 bridgehead atoms. The summed E-state index contributed by atoms with van der Waals surface area (Å²) in [5.74, 6) is 0.358. The molecule has 3 rings (SSSR count). The smallest absolute Gasteiger partial charge is 0.119 e. The fourth-order valence-corrected chi connectivity index (χ4v) is 2.57. The van der Waals surface area contributed by atoms with Crippen molar-refractivity contribution < 1.29 is 5.11 Å². The van der Waals surface area contributed by atoms with Crippen molar-refractivity contribution in [3.8, 4) is 5.75 Å². The van der Waals surface area contributed by atoms with E-state index in [1.165, 1.54) is 5.56 Å². The standard InChI is InChI=1S/C18H19N3O/c1-14-6-5-9-18(22)17(14)11-10-16-13-21(20-19-16)12-15-7-3-2-4-8-15/h2-9,13,22H,10-12H2,1H3. The number of hydrogen-bond donors (Lipinski definition) is 1. The van der Waals surface area contributed by atoms with Crippen LogP contribution < -0.4 is 0 Å². The van der Waals surface area contributed by atoms with Crippen LogP contribution in [0.4, 0.5) is 0 Å². The fraction of sp³-hybridized carbons (Fsp3) is 0.222. The van der Waals surface area contributed by atoms with Crippen LogP contribution in [0.2, 0.25) is 0 Å². The Morgan fingerprint density at radius 1 is 1.00 bits per heavy atom. The highest BCUT2D eigenvalue weighted by molar-refractivity contribution is 5.38. The maximum Gasteiger partial charge on any atom is 0.119 e. The summed E-state index contributed by atoms with van der Waals surface area (Å²) >= 11 is 0. The Hall–Kier alpha value is -2.62. The first-order valence-electron chi connectivity index (χ1n) is 7.43. The van der Waals surface area contributed by atoms with E-state index < -0.39 is 0 Å². The van der Waals surface area contributed by atoms with Crippen molar-refractivity contribution in [3.63, 3.8) is 0 Å². The second-order valence-electron chi connectivity index (χ2n) is 5.47. The lowest BCUT2D eigenvalue weighted by molar-refractivity contribution is 0.467. The molecule has 1 heterocycles. The number of phenols is 1. The lowest BCUT2D eigenvalue weighted by Gasteiger charge is -2.06. The lowest BCUT2D eigenvalue weighted by Crippen LogP contribution is -1.99. The third-order valence-electron chi connectivity index (χ3n) is 3.79. The van der Waals surface area contributed by atoms with Gasteiger partial charge in [0, 0.05) is 6.20 Å². The van der Waals surface area contributed by atoms with Crippen molar-refractivity contribution in [3.05, 3.63) is 77.1 Å². The van der Waals surface area contributed by atoms with Gasteiger partial charge in [-0.3, -0.25) is 0 Å². The zero-order chi connectivity index (χ0) is 15.4. The van der Waals surface area contributed by atoms with E-state index in [4.69, 9.17) is 0 Å². The van der Waals surface area contributed by atoms with E-state index in [2.05, 4.69) is 22.4 Å². The molecule has 22 heavy (non-hydrogen) atoms. The molecule has 0 atom stereocenters. The summed E-state index contributed by atoms with van der Waals surface area (Å²) in [5, 5.41) is 18.3. The first kappa shape index (κ1) is 14.3. The highest BCUT2D eigenvalue weighted by Gasteiger charge is 2.07. The Bertz CT molecular complexity index is 730. The van der Waals surface area contributed by atoms with Crippen molar-refractivity contribution in [2.45, 2.75) is 26.3 Å². The highest BCUT2D eigenvalue weighted by Crippen LogP contribution is 2.21. The molecule has 0 saturated carbocycles. The second kappa shape index (κ2) is 6.43. The predicted octanol–water partition coefficient (Wildman–Crippen LogP) is 3.13. The van der Waals surface area contributed by atoms with Crippen LogP contribution in [-0.4, -0.2) is 20.1 Å². The van der Waals surface area contributed by atoms with Crippen molar-refractivity contribution in [1.29, 1.82) is 0 Å². The molecule has 4 nitrogen and oxygen atoms in total. The summed E-state index contributed by atoms with van der Waals surface area (Å²) in [6.07, 6.45) is 3.51. The van der Waals surface area contributed by atoms with Gasteiger partial charge in [-0.05, 0) is 42.5 Å². The molecule has 1 aromatic heterocycles. The molecular formula is C18H19N3O. The fourth-order valence-electron chi connectivity index (χ4n) is 2.57. The van der Waals surface area contributed by atoms with Gasteiger partial charge in [-0.25, -0.2) is 4.68 Å². The molecule has 2 aromatic carbocycles. The van der Waals surface area contributed by atoms with Gasteiger partial charge in [-0.1, -0.05) is 47.7 Å². The molecule has 112 valence electrons. The molecule has 0 fully saturated rings. The van der Waals surface area contributed by atoms with E-state index in [0.29, 0.717) is 5.75 Å². The summed E-state index contributed by atoms with van der Waals surface area (Å²) in [7, 11) is 0. The minimum absolute atomic E-state index is 0.358. The first-order valence-corrected chi connectivity index (χ1v) is 7.43. The van der Waals surface area contributed by atoms with Crippen molar-refractivity contribution in [2.24, 2.45) is 0 Å². The van der Waals surface area contributed by atoms with Crippen LogP contribution in [0.3, 0.4) is 0 Å².